The molecule has 0 amide bonds. The molecule has 3 heteroatoms. The Labute approximate surface area is 128 Å². The Morgan fingerprint density at radius 3 is 2.65 bits per heavy atom. The minimum absolute atomic E-state index is 0.573. The fraction of sp³-hybridized carbons (Fsp3) is 0.294. The van der Waals surface area contributed by atoms with E-state index in [1.165, 1.54) is 23.2 Å². The van der Waals surface area contributed by atoms with Gasteiger partial charge in [-0.3, -0.25) is 0 Å². The summed E-state index contributed by atoms with van der Waals surface area (Å²) >= 11 is 3.61. The second kappa shape index (κ2) is 5.98. The molecule has 1 unspecified atom stereocenters. The molecule has 104 valence electrons. The van der Waals surface area contributed by atoms with Gasteiger partial charge in [0.25, 0.3) is 0 Å². The van der Waals surface area contributed by atoms with E-state index in [1.807, 2.05) is 0 Å². The van der Waals surface area contributed by atoms with Crippen molar-refractivity contribution in [3.63, 3.8) is 0 Å². The highest BCUT2D eigenvalue weighted by molar-refractivity contribution is 9.10. The van der Waals surface area contributed by atoms with Crippen LogP contribution < -0.4 is 10.6 Å². The molecule has 20 heavy (non-hydrogen) atoms. The quantitative estimate of drug-likeness (QED) is 0.924. The molecule has 1 aliphatic rings. The van der Waals surface area contributed by atoms with Crippen molar-refractivity contribution in [2.45, 2.75) is 18.9 Å². The van der Waals surface area contributed by atoms with Crippen LogP contribution in [0.5, 0.6) is 0 Å². The number of nitrogens with zero attached hydrogens (tertiary/aromatic N) is 1. The van der Waals surface area contributed by atoms with Crippen LogP contribution in [0.15, 0.2) is 53.0 Å². The fourth-order valence-corrected chi connectivity index (χ4v) is 3.54. The second-order valence-electron chi connectivity index (χ2n) is 5.28. The van der Waals surface area contributed by atoms with E-state index in [1.54, 1.807) is 0 Å². The summed E-state index contributed by atoms with van der Waals surface area (Å²) in [6.45, 7) is 2.75. The second-order valence-corrected chi connectivity index (χ2v) is 6.14. The molecule has 0 aliphatic carbocycles. The third kappa shape index (κ3) is 2.60. The maximum absolute atomic E-state index is 5.91. The van der Waals surface area contributed by atoms with Gasteiger partial charge in [0.2, 0.25) is 0 Å². The molecule has 2 aromatic carbocycles. The number of anilines is 1. The summed E-state index contributed by atoms with van der Waals surface area (Å²) in [7, 11) is 0. The maximum atomic E-state index is 5.91. The van der Waals surface area contributed by atoms with Crippen molar-refractivity contribution in [3.05, 3.63) is 64.1 Å². The maximum Gasteiger partial charge on any atom is 0.0423 e. The van der Waals surface area contributed by atoms with Crippen LogP contribution >= 0.6 is 15.9 Å². The molecule has 0 bridgehead atoms. The van der Waals surface area contributed by atoms with Gasteiger partial charge in [-0.25, -0.2) is 0 Å². The van der Waals surface area contributed by atoms with E-state index in [0.29, 0.717) is 12.5 Å². The molecular weight excluding hydrogens is 312 g/mol. The van der Waals surface area contributed by atoms with Crippen molar-refractivity contribution in [3.8, 4) is 0 Å². The van der Waals surface area contributed by atoms with Crippen LogP contribution in [0.1, 0.15) is 23.5 Å². The van der Waals surface area contributed by atoms with Crippen LogP contribution in [0.3, 0.4) is 0 Å². The molecular formula is C17H19BrN2. The van der Waals surface area contributed by atoms with Crippen LogP contribution in [-0.2, 0) is 6.54 Å². The lowest BCUT2D eigenvalue weighted by Gasteiger charge is -2.22. The first-order valence-electron chi connectivity index (χ1n) is 7.07. The van der Waals surface area contributed by atoms with Crippen LogP contribution in [0.2, 0.25) is 0 Å². The monoisotopic (exact) mass is 330 g/mol. The minimum atomic E-state index is 0.573. The molecule has 1 aliphatic heterocycles. The number of halogens is 1. The third-order valence-electron chi connectivity index (χ3n) is 4.10. The van der Waals surface area contributed by atoms with Gasteiger partial charge in [0.15, 0.2) is 0 Å². The lowest BCUT2D eigenvalue weighted by atomic mass is 9.99. The first-order chi connectivity index (χ1) is 9.79. The molecule has 0 saturated carbocycles. The zero-order valence-electron chi connectivity index (χ0n) is 11.4. The highest BCUT2D eigenvalue weighted by Crippen LogP contribution is 2.34. The largest absolute Gasteiger partial charge is 0.371 e. The van der Waals surface area contributed by atoms with Gasteiger partial charge in [0.1, 0.15) is 0 Å². The van der Waals surface area contributed by atoms with Gasteiger partial charge >= 0.3 is 0 Å². The lowest BCUT2D eigenvalue weighted by molar-refractivity contribution is 0.775. The first-order valence-corrected chi connectivity index (χ1v) is 7.86. The van der Waals surface area contributed by atoms with Crippen molar-refractivity contribution < 1.29 is 0 Å². The van der Waals surface area contributed by atoms with Gasteiger partial charge in [0.05, 0.1) is 0 Å². The van der Waals surface area contributed by atoms with Gasteiger partial charge < -0.3 is 10.6 Å². The highest BCUT2D eigenvalue weighted by atomic mass is 79.9. The van der Waals surface area contributed by atoms with Crippen LogP contribution in [0.4, 0.5) is 5.69 Å². The van der Waals surface area contributed by atoms with Gasteiger partial charge in [-0.1, -0.05) is 52.3 Å². The Balaban J connectivity index is 1.83. The van der Waals surface area contributed by atoms with Crippen LogP contribution in [0, 0.1) is 0 Å². The number of hydrogen-bond donors (Lipinski definition) is 1. The first kappa shape index (κ1) is 13.7. The van der Waals surface area contributed by atoms with Crippen LogP contribution in [0.25, 0.3) is 0 Å². The molecule has 2 nitrogen and oxygen atoms in total. The summed E-state index contributed by atoms with van der Waals surface area (Å²) in [6.07, 6.45) is 1.21. The zero-order chi connectivity index (χ0) is 13.9. The molecule has 1 fully saturated rings. The number of benzene rings is 2. The van der Waals surface area contributed by atoms with E-state index in [9.17, 15) is 0 Å². The highest BCUT2D eigenvalue weighted by Gasteiger charge is 2.25. The van der Waals surface area contributed by atoms with Gasteiger partial charge in [-0.2, -0.15) is 0 Å². The molecule has 1 heterocycles. The molecule has 0 aromatic heterocycles. The van der Waals surface area contributed by atoms with E-state index < -0.39 is 0 Å². The van der Waals surface area contributed by atoms with Crippen molar-refractivity contribution in [1.29, 1.82) is 0 Å². The molecule has 2 aromatic rings. The van der Waals surface area contributed by atoms with E-state index in [-0.39, 0.29) is 0 Å². The Hall–Kier alpha value is -1.32. The van der Waals surface area contributed by atoms with Crippen molar-refractivity contribution >= 4 is 21.6 Å². The lowest BCUT2D eigenvalue weighted by Crippen LogP contribution is -2.21. The predicted octanol–water partition coefficient (Wildman–Crippen LogP) is 3.90. The Morgan fingerprint density at radius 1 is 1.10 bits per heavy atom. The SMILES string of the molecule is NCc1c(Br)cccc1N1CCC(c2ccccc2)C1. The van der Waals surface area contributed by atoms with E-state index in [2.05, 4.69) is 69.4 Å². The summed E-state index contributed by atoms with van der Waals surface area (Å²) in [5, 5.41) is 0. The van der Waals surface area contributed by atoms with Crippen molar-refractivity contribution in [2.24, 2.45) is 5.73 Å². The normalized spacial score (nSPS) is 18.5. The Bertz CT molecular complexity index is 583. The summed E-state index contributed by atoms with van der Waals surface area (Å²) in [5.74, 6) is 0.626. The topological polar surface area (TPSA) is 29.3 Å². The predicted molar refractivity (Wildman–Crippen MR) is 88.0 cm³/mol. The number of hydrogen-bond acceptors (Lipinski definition) is 2. The zero-order valence-corrected chi connectivity index (χ0v) is 13.0. The minimum Gasteiger partial charge on any atom is -0.371 e. The van der Waals surface area contributed by atoms with Gasteiger partial charge in [-0.15, -0.1) is 0 Å². The molecule has 3 rings (SSSR count). The molecule has 0 radical (unpaired) electrons. The third-order valence-corrected chi connectivity index (χ3v) is 4.84. The van der Waals surface area contributed by atoms with Crippen molar-refractivity contribution in [1.82, 2.24) is 0 Å². The van der Waals surface area contributed by atoms with E-state index >= 15 is 0 Å². The van der Waals surface area contributed by atoms with E-state index in [0.717, 1.165) is 17.6 Å². The average Bonchev–Trinajstić information content (AvgIpc) is 2.97. The Kier molecular flexibility index (Phi) is 4.08. The molecule has 2 N–H and O–H groups in total. The summed E-state index contributed by atoms with van der Waals surface area (Å²) in [5.41, 5.74) is 9.84. The standard InChI is InChI=1S/C17H19BrN2/c18-16-7-4-8-17(15(16)11-19)20-10-9-14(12-20)13-5-2-1-3-6-13/h1-8,14H,9-12,19H2. The van der Waals surface area contributed by atoms with Crippen LogP contribution in [-0.4, -0.2) is 13.1 Å². The summed E-state index contributed by atoms with van der Waals surface area (Å²) in [6, 6.07) is 17.1. The smallest absolute Gasteiger partial charge is 0.0423 e. The molecule has 1 atom stereocenters. The number of rotatable bonds is 3. The summed E-state index contributed by atoms with van der Waals surface area (Å²) < 4.78 is 1.11. The number of nitrogens with two attached hydrogens (primary N) is 1. The molecule has 1 saturated heterocycles. The van der Waals surface area contributed by atoms with Crippen molar-refractivity contribution in [2.75, 3.05) is 18.0 Å². The van der Waals surface area contributed by atoms with Gasteiger partial charge in [0, 0.05) is 41.3 Å². The van der Waals surface area contributed by atoms with E-state index in [4.69, 9.17) is 5.73 Å². The molecule has 0 spiro atoms. The summed E-state index contributed by atoms with van der Waals surface area (Å²) in [4.78, 5) is 2.46. The average molecular weight is 331 g/mol. The Morgan fingerprint density at radius 2 is 1.90 bits per heavy atom. The van der Waals surface area contributed by atoms with Gasteiger partial charge in [-0.05, 0) is 24.1 Å². The fourth-order valence-electron chi connectivity index (χ4n) is 3.02.